The van der Waals surface area contributed by atoms with Gasteiger partial charge in [0.25, 0.3) is 0 Å². The van der Waals surface area contributed by atoms with Crippen molar-refractivity contribution in [2.75, 3.05) is 12.3 Å². The van der Waals surface area contributed by atoms with Crippen molar-refractivity contribution < 1.29 is 9.53 Å². The van der Waals surface area contributed by atoms with Crippen molar-refractivity contribution in [1.29, 1.82) is 0 Å². The molecule has 3 nitrogen and oxygen atoms in total. The molecule has 0 spiro atoms. The van der Waals surface area contributed by atoms with Crippen molar-refractivity contribution in [3.8, 4) is 16.9 Å². The highest BCUT2D eigenvalue weighted by molar-refractivity contribution is 5.97. The average molecular weight is 303 g/mol. The van der Waals surface area contributed by atoms with Gasteiger partial charge in [0.1, 0.15) is 5.75 Å². The summed E-state index contributed by atoms with van der Waals surface area (Å²) in [6.07, 6.45) is 0. The van der Waals surface area contributed by atoms with Gasteiger partial charge in [-0.15, -0.1) is 0 Å². The van der Waals surface area contributed by atoms with Gasteiger partial charge in [-0.3, -0.25) is 4.79 Å². The molecule has 114 valence electrons. The van der Waals surface area contributed by atoms with Crippen molar-refractivity contribution in [2.24, 2.45) is 0 Å². The highest BCUT2D eigenvalue weighted by Gasteiger charge is 2.07. The number of nitrogen functional groups attached to an aromatic ring is 1. The van der Waals surface area contributed by atoms with E-state index in [1.807, 2.05) is 54.6 Å². The SMILES string of the molecule is Nc1ccc(OCC(=O)c2ccc(-c3ccccc3)cc2)cc1. The molecule has 0 aromatic heterocycles. The van der Waals surface area contributed by atoms with E-state index in [2.05, 4.69) is 0 Å². The van der Waals surface area contributed by atoms with E-state index < -0.39 is 0 Å². The maximum atomic E-state index is 12.2. The topological polar surface area (TPSA) is 52.3 Å². The first-order chi connectivity index (χ1) is 11.2. The summed E-state index contributed by atoms with van der Waals surface area (Å²) in [7, 11) is 0. The Morgan fingerprint density at radius 2 is 1.39 bits per heavy atom. The number of Topliss-reactive ketones (excluding diaryl/α,β-unsaturated/α-hetero) is 1. The van der Waals surface area contributed by atoms with Crippen molar-refractivity contribution in [3.63, 3.8) is 0 Å². The number of rotatable bonds is 5. The molecule has 0 aliphatic heterocycles. The first-order valence-electron chi connectivity index (χ1n) is 7.39. The number of carbonyl (C=O) groups excluding carboxylic acids is 1. The van der Waals surface area contributed by atoms with E-state index in [0.29, 0.717) is 17.0 Å². The minimum atomic E-state index is -0.0542. The zero-order valence-electron chi connectivity index (χ0n) is 12.6. The first-order valence-corrected chi connectivity index (χ1v) is 7.39. The molecule has 0 saturated carbocycles. The fourth-order valence-corrected chi connectivity index (χ4v) is 2.28. The third kappa shape index (κ3) is 3.77. The Labute approximate surface area is 135 Å². The van der Waals surface area contributed by atoms with Crippen LogP contribution in [-0.4, -0.2) is 12.4 Å². The third-order valence-electron chi connectivity index (χ3n) is 3.56. The van der Waals surface area contributed by atoms with E-state index in [0.717, 1.165) is 11.1 Å². The highest BCUT2D eigenvalue weighted by Crippen LogP contribution is 2.19. The van der Waals surface area contributed by atoms with Gasteiger partial charge in [-0.2, -0.15) is 0 Å². The van der Waals surface area contributed by atoms with Crippen molar-refractivity contribution >= 4 is 11.5 Å². The Morgan fingerprint density at radius 1 is 0.783 bits per heavy atom. The summed E-state index contributed by atoms with van der Waals surface area (Å²) in [5.74, 6) is 0.579. The van der Waals surface area contributed by atoms with Crippen LogP contribution in [0.2, 0.25) is 0 Å². The van der Waals surface area contributed by atoms with E-state index in [9.17, 15) is 4.79 Å². The molecule has 0 radical (unpaired) electrons. The van der Waals surface area contributed by atoms with Gasteiger partial charge < -0.3 is 10.5 Å². The van der Waals surface area contributed by atoms with E-state index >= 15 is 0 Å². The largest absolute Gasteiger partial charge is 0.485 e. The minimum Gasteiger partial charge on any atom is -0.485 e. The predicted molar refractivity (Wildman–Crippen MR) is 92.6 cm³/mol. The Morgan fingerprint density at radius 3 is 2.04 bits per heavy atom. The predicted octanol–water partition coefficient (Wildman–Crippen LogP) is 4.20. The summed E-state index contributed by atoms with van der Waals surface area (Å²) >= 11 is 0. The lowest BCUT2D eigenvalue weighted by atomic mass is 10.0. The highest BCUT2D eigenvalue weighted by atomic mass is 16.5. The van der Waals surface area contributed by atoms with E-state index in [-0.39, 0.29) is 12.4 Å². The zero-order valence-corrected chi connectivity index (χ0v) is 12.6. The lowest BCUT2D eigenvalue weighted by Crippen LogP contribution is -2.11. The third-order valence-corrected chi connectivity index (χ3v) is 3.56. The maximum Gasteiger partial charge on any atom is 0.200 e. The van der Waals surface area contributed by atoms with Crippen LogP contribution in [0.1, 0.15) is 10.4 Å². The number of benzene rings is 3. The molecule has 0 atom stereocenters. The van der Waals surface area contributed by atoms with Crippen LogP contribution in [0.3, 0.4) is 0 Å². The monoisotopic (exact) mass is 303 g/mol. The molecule has 3 rings (SSSR count). The number of nitrogens with two attached hydrogens (primary N) is 1. The molecular weight excluding hydrogens is 286 g/mol. The quantitative estimate of drug-likeness (QED) is 0.568. The molecule has 0 fully saturated rings. The molecule has 2 N–H and O–H groups in total. The van der Waals surface area contributed by atoms with Crippen LogP contribution in [0.15, 0.2) is 78.9 Å². The van der Waals surface area contributed by atoms with Crippen LogP contribution in [0.5, 0.6) is 5.75 Å². The summed E-state index contributed by atoms with van der Waals surface area (Å²) in [6.45, 7) is 0.00853. The molecular formula is C20H17NO2. The van der Waals surface area contributed by atoms with Gasteiger partial charge in [0.2, 0.25) is 0 Å². The number of ketones is 1. The summed E-state index contributed by atoms with van der Waals surface area (Å²) < 4.78 is 5.49. The average Bonchev–Trinajstić information content (AvgIpc) is 2.62. The van der Waals surface area contributed by atoms with Crippen LogP contribution in [0, 0.1) is 0 Å². The summed E-state index contributed by atoms with van der Waals surface area (Å²) in [4.78, 5) is 12.2. The summed E-state index contributed by atoms with van der Waals surface area (Å²) in [5.41, 5.74) is 9.13. The van der Waals surface area contributed by atoms with E-state index in [4.69, 9.17) is 10.5 Å². The maximum absolute atomic E-state index is 12.2. The Hall–Kier alpha value is -3.07. The molecule has 3 heteroatoms. The van der Waals surface area contributed by atoms with Gasteiger partial charge in [-0.1, -0.05) is 54.6 Å². The fraction of sp³-hybridized carbons (Fsp3) is 0.0500. The lowest BCUT2D eigenvalue weighted by Gasteiger charge is -2.07. The molecule has 23 heavy (non-hydrogen) atoms. The summed E-state index contributed by atoms with van der Waals surface area (Å²) in [5, 5.41) is 0. The van der Waals surface area contributed by atoms with Crippen LogP contribution in [0.25, 0.3) is 11.1 Å². The molecule has 0 unspecified atom stereocenters. The normalized spacial score (nSPS) is 10.3. The molecule has 3 aromatic rings. The molecule has 0 heterocycles. The van der Waals surface area contributed by atoms with Crippen molar-refractivity contribution in [2.45, 2.75) is 0 Å². The van der Waals surface area contributed by atoms with Crippen LogP contribution in [-0.2, 0) is 0 Å². The smallest absolute Gasteiger partial charge is 0.200 e. The van der Waals surface area contributed by atoms with Gasteiger partial charge in [0.15, 0.2) is 12.4 Å². The second-order valence-electron chi connectivity index (χ2n) is 5.22. The van der Waals surface area contributed by atoms with E-state index in [1.54, 1.807) is 24.3 Å². The number of ether oxygens (including phenoxy) is 1. The van der Waals surface area contributed by atoms with Gasteiger partial charge >= 0.3 is 0 Å². The second-order valence-corrected chi connectivity index (χ2v) is 5.22. The van der Waals surface area contributed by atoms with E-state index in [1.165, 1.54) is 0 Å². The molecule has 3 aromatic carbocycles. The van der Waals surface area contributed by atoms with Gasteiger partial charge in [-0.25, -0.2) is 0 Å². The van der Waals surface area contributed by atoms with Gasteiger partial charge in [-0.05, 0) is 35.4 Å². The minimum absolute atomic E-state index is 0.00853. The Bertz CT molecular complexity index is 778. The van der Waals surface area contributed by atoms with Gasteiger partial charge in [0, 0.05) is 11.3 Å². The van der Waals surface area contributed by atoms with Gasteiger partial charge in [0.05, 0.1) is 0 Å². The standard InChI is InChI=1S/C20H17NO2/c21-18-10-12-19(13-11-18)23-14-20(22)17-8-6-16(7-9-17)15-4-2-1-3-5-15/h1-13H,14,21H2. The fourth-order valence-electron chi connectivity index (χ4n) is 2.28. The molecule has 0 bridgehead atoms. The Kier molecular flexibility index (Phi) is 4.39. The second kappa shape index (κ2) is 6.79. The molecule has 0 amide bonds. The molecule has 0 saturated heterocycles. The van der Waals surface area contributed by atoms with Crippen LogP contribution >= 0.6 is 0 Å². The number of anilines is 1. The van der Waals surface area contributed by atoms with Crippen molar-refractivity contribution in [1.82, 2.24) is 0 Å². The van der Waals surface area contributed by atoms with Crippen molar-refractivity contribution in [3.05, 3.63) is 84.4 Å². The number of hydrogen-bond donors (Lipinski definition) is 1. The van der Waals surface area contributed by atoms with Crippen LogP contribution < -0.4 is 10.5 Å². The first kappa shape index (κ1) is 14.9. The zero-order chi connectivity index (χ0) is 16.1. The van der Waals surface area contributed by atoms with Crippen LogP contribution in [0.4, 0.5) is 5.69 Å². The lowest BCUT2D eigenvalue weighted by molar-refractivity contribution is 0.0921. The molecule has 0 aliphatic carbocycles. The number of carbonyl (C=O) groups is 1. The Balaban J connectivity index is 1.65. The number of hydrogen-bond acceptors (Lipinski definition) is 3. The molecule has 0 aliphatic rings. The summed E-state index contributed by atoms with van der Waals surface area (Å²) in [6, 6.07) is 24.6.